The molecule has 2 nitrogen and oxygen atoms in total. The summed E-state index contributed by atoms with van der Waals surface area (Å²) in [5, 5.41) is -0.605. The second kappa shape index (κ2) is 5.34. The molecule has 0 aromatic carbocycles. The van der Waals surface area contributed by atoms with Crippen LogP contribution in [0.5, 0.6) is 0 Å². The van der Waals surface area contributed by atoms with Gasteiger partial charge in [0.15, 0.2) is 0 Å². The summed E-state index contributed by atoms with van der Waals surface area (Å²) in [5.74, 6) is -7.05. The summed E-state index contributed by atoms with van der Waals surface area (Å²) < 4.78 is 113. The molecular formula is C7H6F9NO. The predicted molar refractivity (Wildman–Crippen MR) is 40.0 cm³/mol. The van der Waals surface area contributed by atoms with Crippen molar-refractivity contribution in [1.29, 1.82) is 0 Å². The van der Waals surface area contributed by atoms with Gasteiger partial charge in [-0.15, -0.1) is 0 Å². The van der Waals surface area contributed by atoms with Crippen molar-refractivity contribution in [3.63, 3.8) is 0 Å². The zero-order chi connectivity index (χ0) is 14.8. The van der Waals surface area contributed by atoms with Gasteiger partial charge < -0.3 is 4.74 Å². The topological polar surface area (TPSA) is 21.3 Å². The molecule has 0 aliphatic heterocycles. The van der Waals surface area contributed by atoms with Crippen molar-refractivity contribution in [2.24, 2.45) is 0 Å². The van der Waals surface area contributed by atoms with Gasteiger partial charge in [-0.25, -0.2) is 4.39 Å². The molecule has 0 fully saturated rings. The number of ether oxygens (including phenoxy) is 1. The van der Waals surface area contributed by atoms with Gasteiger partial charge in [0.2, 0.25) is 11.7 Å². The van der Waals surface area contributed by atoms with Gasteiger partial charge in [0.05, 0.1) is 6.61 Å². The third-order valence-corrected chi connectivity index (χ3v) is 1.35. The lowest BCUT2D eigenvalue weighted by molar-refractivity contribution is -0.231. The van der Waals surface area contributed by atoms with Crippen LogP contribution in [0.25, 0.3) is 0 Å². The monoisotopic (exact) mass is 291 g/mol. The van der Waals surface area contributed by atoms with Crippen molar-refractivity contribution in [2.45, 2.75) is 25.4 Å². The molecule has 0 aliphatic carbocycles. The van der Waals surface area contributed by atoms with Crippen LogP contribution in [0.2, 0.25) is 0 Å². The molecule has 0 aromatic heterocycles. The standard InChI is InChI=1S/C7H6F9NO/c1-2-18-6(12,13)4(9)3(8)5(10,11)17-7(14,15)16/h17H,2H2,1H3/b4-3+. The molecule has 0 heterocycles. The largest absolute Gasteiger partial charge is 0.462 e. The van der Waals surface area contributed by atoms with Crippen LogP contribution < -0.4 is 5.32 Å². The van der Waals surface area contributed by atoms with E-state index in [4.69, 9.17) is 0 Å². The molecule has 0 radical (unpaired) electrons. The summed E-state index contributed by atoms with van der Waals surface area (Å²) in [6.45, 7) is 0.0250. The number of alkyl halides is 7. The van der Waals surface area contributed by atoms with Crippen LogP contribution in [0.3, 0.4) is 0 Å². The fourth-order valence-corrected chi connectivity index (χ4v) is 0.743. The van der Waals surface area contributed by atoms with Gasteiger partial charge in [-0.05, 0) is 6.92 Å². The minimum Gasteiger partial charge on any atom is -0.315 e. The smallest absolute Gasteiger partial charge is 0.315 e. The molecular weight excluding hydrogens is 285 g/mol. The minimum atomic E-state index is -5.80. The average molecular weight is 291 g/mol. The van der Waals surface area contributed by atoms with E-state index in [1.165, 1.54) is 0 Å². The van der Waals surface area contributed by atoms with Crippen LogP contribution in [-0.2, 0) is 4.74 Å². The zero-order valence-corrected chi connectivity index (χ0v) is 8.52. The molecule has 18 heavy (non-hydrogen) atoms. The average Bonchev–Trinajstić information content (AvgIpc) is 2.11. The van der Waals surface area contributed by atoms with E-state index in [2.05, 4.69) is 4.74 Å². The van der Waals surface area contributed by atoms with E-state index in [-0.39, 0.29) is 0 Å². The number of hydrogen-bond donors (Lipinski definition) is 1. The van der Waals surface area contributed by atoms with Crippen molar-refractivity contribution in [1.82, 2.24) is 5.32 Å². The van der Waals surface area contributed by atoms with E-state index in [9.17, 15) is 39.5 Å². The van der Waals surface area contributed by atoms with E-state index in [0.717, 1.165) is 6.92 Å². The fourth-order valence-electron chi connectivity index (χ4n) is 0.743. The maximum absolute atomic E-state index is 12.6. The maximum Gasteiger partial charge on any atom is 0.462 e. The Morgan fingerprint density at radius 3 is 1.72 bits per heavy atom. The molecule has 0 saturated carbocycles. The van der Waals surface area contributed by atoms with Crippen LogP contribution in [0, 0.1) is 0 Å². The number of nitrogens with one attached hydrogen (secondary N) is 1. The van der Waals surface area contributed by atoms with Gasteiger partial charge in [-0.3, -0.25) is 0 Å². The molecule has 0 unspecified atom stereocenters. The number of halogens is 9. The van der Waals surface area contributed by atoms with Gasteiger partial charge in [-0.2, -0.15) is 40.4 Å². The summed E-state index contributed by atoms with van der Waals surface area (Å²) in [6.07, 6.45) is -10.9. The second-order valence-corrected chi connectivity index (χ2v) is 2.77. The lowest BCUT2D eigenvalue weighted by atomic mass is 10.3. The summed E-state index contributed by atoms with van der Waals surface area (Å²) in [7, 11) is 0. The highest BCUT2D eigenvalue weighted by Gasteiger charge is 2.52. The van der Waals surface area contributed by atoms with Gasteiger partial charge in [0.25, 0.3) is 0 Å². The third-order valence-electron chi connectivity index (χ3n) is 1.35. The van der Waals surface area contributed by atoms with Crippen LogP contribution in [-0.4, -0.2) is 25.1 Å². The Hall–Kier alpha value is -0.970. The normalized spacial score (nSPS) is 15.7. The Bertz CT molecular complexity index is 321. The van der Waals surface area contributed by atoms with Crippen LogP contribution >= 0.6 is 0 Å². The SMILES string of the molecule is CCOC(F)(F)/C(F)=C(\F)C(F)(F)NC(F)(F)F. The Morgan fingerprint density at radius 2 is 1.39 bits per heavy atom. The molecule has 0 rings (SSSR count). The third kappa shape index (κ3) is 4.72. The molecule has 0 amide bonds. The van der Waals surface area contributed by atoms with Crippen LogP contribution in [0.4, 0.5) is 39.5 Å². The lowest BCUT2D eigenvalue weighted by Crippen LogP contribution is -2.47. The highest BCUT2D eigenvalue weighted by molar-refractivity contribution is 5.13. The fraction of sp³-hybridized carbons (Fsp3) is 0.714. The number of rotatable bonds is 5. The van der Waals surface area contributed by atoms with Gasteiger partial charge in [0.1, 0.15) is 0 Å². The first-order chi connectivity index (χ1) is 7.83. The van der Waals surface area contributed by atoms with E-state index >= 15 is 0 Å². The van der Waals surface area contributed by atoms with Gasteiger partial charge >= 0.3 is 18.5 Å². The molecule has 0 aliphatic rings. The van der Waals surface area contributed by atoms with E-state index in [1.54, 1.807) is 0 Å². The minimum absolute atomic E-state index is 0.605. The quantitative estimate of drug-likeness (QED) is 0.618. The molecule has 1 N–H and O–H groups in total. The summed E-state index contributed by atoms with van der Waals surface area (Å²) in [5.41, 5.74) is 0. The summed E-state index contributed by atoms with van der Waals surface area (Å²) in [6, 6.07) is -5.68. The summed E-state index contributed by atoms with van der Waals surface area (Å²) >= 11 is 0. The molecule has 0 spiro atoms. The maximum atomic E-state index is 12.6. The van der Waals surface area contributed by atoms with Gasteiger partial charge in [-0.1, -0.05) is 0 Å². The van der Waals surface area contributed by atoms with Crippen molar-refractivity contribution < 1.29 is 44.3 Å². The molecule has 0 saturated heterocycles. The zero-order valence-electron chi connectivity index (χ0n) is 8.52. The lowest BCUT2D eigenvalue weighted by Gasteiger charge is -2.20. The van der Waals surface area contributed by atoms with Crippen molar-refractivity contribution in [3.05, 3.63) is 11.7 Å². The van der Waals surface area contributed by atoms with Crippen molar-refractivity contribution in [2.75, 3.05) is 6.61 Å². The Balaban J connectivity index is 5.27. The van der Waals surface area contributed by atoms with Crippen molar-refractivity contribution >= 4 is 0 Å². The first kappa shape index (κ1) is 17.0. The summed E-state index contributed by atoms with van der Waals surface area (Å²) in [4.78, 5) is 0. The molecule has 108 valence electrons. The van der Waals surface area contributed by atoms with Crippen LogP contribution in [0.15, 0.2) is 11.7 Å². The van der Waals surface area contributed by atoms with Crippen LogP contribution in [0.1, 0.15) is 6.92 Å². The molecule has 0 bridgehead atoms. The molecule has 11 heteroatoms. The first-order valence-electron chi connectivity index (χ1n) is 4.15. The van der Waals surface area contributed by atoms with Gasteiger partial charge in [0, 0.05) is 0 Å². The molecule has 0 atom stereocenters. The Kier molecular flexibility index (Phi) is 5.06. The van der Waals surface area contributed by atoms with E-state index in [0.29, 0.717) is 0 Å². The molecule has 0 aromatic rings. The van der Waals surface area contributed by atoms with Crippen molar-refractivity contribution in [3.8, 4) is 0 Å². The van der Waals surface area contributed by atoms with E-state index < -0.39 is 42.0 Å². The second-order valence-electron chi connectivity index (χ2n) is 2.77. The van der Waals surface area contributed by atoms with E-state index in [1.807, 2.05) is 0 Å². The number of hydrogen-bond acceptors (Lipinski definition) is 2. The first-order valence-corrected chi connectivity index (χ1v) is 4.15. The Morgan fingerprint density at radius 1 is 0.944 bits per heavy atom. The highest BCUT2D eigenvalue weighted by atomic mass is 19.4. The highest BCUT2D eigenvalue weighted by Crippen LogP contribution is 2.36. The predicted octanol–water partition coefficient (Wildman–Crippen LogP) is 3.47. The Labute approximate surface area is 94.4 Å².